The van der Waals surface area contributed by atoms with Crippen molar-refractivity contribution in [2.45, 2.75) is 37.8 Å². The van der Waals surface area contributed by atoms with E-state index in [-0.39, 0.29) is 35.1 Å². The largest absolute Gasteiger partial charge is 0.504 e. The summed E-state index contributed by atoms with van der Waals surface area (Å²) < 4.78 is 28.5. The third-order valence-electron chi connectivity index (χ3n) is 9.81. The van der Waals surface area contributed by atoms with Gasteiger partial charge in [0, 0.05) is 30.7 Å². The van der Waals surface area contributed by atoms with Gasteiger partial charge in [-0.25, -0.2) is 0 Å². The maximum absolute atomic E-state index is 11.4. The van der Waals surface area contributed by atoms with E-state index < -0.39 is 0 Å². The minimum atomic E-state index is -0.107. The van der Waals surface area contributed by atoms with Gasteiger partial charge in [0.25, 0.3) is 0 Å². The monoisotopic (exact) mass is 656 g/mol. The van der Waals surface area contributed by atoms with Crippen LogP contribution in [0.1, 0.15) is 45.5 Å². The second-order valence-electron chi connectivity index (χ2n) is 12.5. The van der Waals surface area contributed by atoms with Crippen molar-refractivity contribution < 1.29 is 39.0 Å². The smallest absolute Gasteiger partial charge is 0.201 e. The molecule has 0 aromatic heterocycles. The number of benzene rings is 4. The lowest BCUT2D eigenvalue weighted by atomic mass is 9.88. The van der Waals surface area contributed by atoms with Crippen molar-refractivity contribution in [2.75, 3.05) is 55.6 Å². The molecule has 2 aliphatic heterocycles. The lowest BCUT2D eigenvalue weighted by Crippen LogP contribution is -2.33. The molecule has 6 rings (SSSR count). The Labute approximate surface area is 281 Å². The van der Waals surface area contributed by atoms with Crippen LogP contribution < -0.4 is 23.7 Å². The van der Waals surface area contributed by atoms with Crippen molar-refractivity contribution in [1.82, 2.24) is 9.80 Å². The van der Waals surface area contributed by atoms with Crippen LogP contribution in [-0.2, 0) is 25.7 Å². The van der Waals surface area contributed by atoms with E-state index in [1.807, 2.05) is 42.5 Å². The molecular weight excluding hydrogens is 612 g/mol. The average Bonchev–Trinajstić information content (AvgIpc) is 3.08. The summed E-state index contributed by atoms with van der Waals surface area (Å²) in [5.41, 5.74) is 6.11. The highest BCUT2D eigenvalue weighted by Crippen LogP contribution is 2.47. The zero-order valence-electron chi connectivity index (χ0n) is 28.4. The Balaban J connectivity index is 1.35. The van der Waals surface area contributed by atoms with E-state index in [1.165, 1.54) is 7.11 Å². The molecule has 0 radical (unpaired) electrons. The van der Waals surface area contributed by atoms with Crippen LogP contribution in [0.3, 0.4) is 0 Å². The van der Waals surface area contributed by atoms with Gasteiger partial charge in [-0.2, -0.15) is 0 Å². The summed E-state index contributed by atoms with van der Waals surface area (Å²) in [6.07, 6.45) is 2.85. The number of hydrogen-bond donors (Lipinski definition) is 3. The molecule has 0 saturated carbocycles. The highest BCUT2D eigenvalue weighted by Gasteiger charge is 2.30. The first kappa shape index (κ1) is 33.1. The Kier molecular flexibility index (Phi) is 9.48. The summed E-state index contributed by atoms with van der Waals surface area (Å²) in [5.74, 6) is 2.58. The van der Waals surface area contributed by atoms with E-state index in [4.69, 9.17) is 23.7 Å². The fourth-order valence-corrected chi connectivity index (χ4v) is 7.05. The molecule has 254 valence electrons. The number of likely N-dealkylation sites (N-methyl/N-ethyl adjacent to an activating group) is 2. The van der Waals surface area contributed by atoms with Crippen molar-refractivity contribution >= 4 is 0 Å². The Morgan fingerprint density at radius 3 is 1.67 bits per heavy atom. The molecule has 0 amide bonds. The van der Waals surface area contributed by atoms with Crippen LogP contribution in [-0.4, -0.2) is 80.7 Å². The first-order valence-electron chi connectivity index (χ1n) is 16.1. The quantitative estimate of drug-likeness (QED) is 0.183. The standard InChI is InChI=1S/C38H44N2O8/c1-39-13-11-23-18-34(46-5)30(41)20-26(23)28(39)15-22-7-9-32(44-3)36(16-22)48-38-25(8-10-33(45-4)37(38)43)17-29-27-21-31(42)35(47-6)19-24(27)12-14-40(29)2/h7-10,16,18-21,28-29,41-43H,11-15,17H2,1-6H3/t28-,29-/m0/s1. The number of phenols is 3. The number of phenolic OH excluding ortho intramolecular Hbond substituents is 3. The van der Waals surface area contributed by atoms with Crippen LogP contribution in [0, 0.1) is 0 Å². The molecule has 3 N–H and O–H groups in total. The molecule has 0 bridgehead atoms. The summed E-state index contributed by atoms with van der Waals surface area (Å²) in [7, 11) is 10.4. The number of methoxy groups -OCH3 is 4. The average molecular weight is 657 g/mol. The predicted octanol–water partition coefficient (Wildman–Crippen LogP) is 6.17. The molecule has 0 unspecified atom stereocenters. The Morgan fingerprint density at radius 1 is 0.604 bits per heavy atom. The van der Waals surface area contributed by atoms with Gasteiger partial charge in [-0.1, -0.05) is 12.1 Å². The molecule has 10 nitrogen and oxygen atoms in total. The van der Waals surface area contributed by atoms with Crippen molar-refractivity contribution in [1.29, 1.82) is 0 Å². The molecule has 4 aromatic carbocycles. The van der Waals surface area contributed by atoms with Gasteiger partial charge in [-0.3, -0.25) is 9.80 Å². The zero-order valence-corrected chi connectivity index (χ0v) is 28.4. The van der Waals surface area contributed by atoms with Gasteiger partial charge in [-0.05, 0) is 110 Å². The van der Waals surface area contributed by atoms with Crippen molar-refractivity contribution in [3.8, 4) is 51.7 Å². The molecule has 0 fully saturated rings. The summed E-state index contributed by atoms with van der Waals surface area (Å²) in [4.78, 5) is 4.53. The molecule has 0 spiro atoms. The molecule has 0 aliphatic carbocycles. The highest BCUT2D eigenvalue weighted by molar-refractivity contribution is 5.59. The van der Waals surface area contributed by atoms with Crippen LogP contribution in [0.5, 0.6) is 51.7 Å². The van der Waals surface area contributed by atoms with E-state index in [1.54, 1.807) is 33.5 Å². The summed E-state index contributed by atoms with van der Waals surface area (Å²) in [6.45, 7) is 1.69. The summed E-state index contributed by atoms with van der Waals surface area (Å²) >= 11 is 0. The van der Waals surface area contributed by atoms with Crippen molar-refractivity contribution in [3.63, 3.8) is 0 Å². The summed E-state index contributed by atoms with van der Waals surface area (Å²) in [5, 5.41) is 32.7. The van der Waals surface area contributed by atoms with E-state index >= 15 is 0 Å². The second kappa shape index (κ2) is 13.7. The summed E-state index contributed by atoms with van der Waals surface area (Å²) in [6, 6.07) is 16.8. The lowest BCUT2D eigenvalue weighted by molar-refractivity contribution is 0.226. The van der Waals surface area contributed by atoms with Gasteiger partial charge in [0.2, 0.25) is 5.75 Å². The number of rotatable bonds is 10. The van der Waals surface area contributed by atoms with Gasteiger partial charge in [0.15, 0.2) is 46.0 Å². The maximum Gasteiger partial charge on any atom is 0.201 e. The minimum Gasteiger partial charge on any atom is -0.504 e. The number of fused-ring (bicyclic) bond motifs is 2. The zero-order chi connectivity index (χ0) is 34.1. The van der Waals surface area contributed by atoms with Gasteiger partial charge >= 0.3 is 0 Å². The van der Waals surface area contributed by atoms with Crippen molar-refractivity contribution in [3.05, 3.63) is 88.0 Å². The molecule has 48 heavy (non-hydrogen) atoms. The van der Waals surface area contributed by atoms with Crippen LogP contribution in [0.2, 0.25) is 0 Å². The molecular formula is C38H44N2O8. The Bertz CT molecular complexity index is 1810. The van der Waals surface area contributed by atoms with Crippen LogP contribution in [0.15, 0.2) is 54.6 Å². The van der Waals surface area contributed by atoms with E-state index in [9.17, 15) is 15.3 Å². The van der Waals surface area contributed by atoms with Gasteiger partial charge in [-0.15, -0.1) is 0 Å². The van der Waals surface area contributed by atoms with Crippen LogP contribution in [0.4, 0.5) is 0 Å². The number of hydrogen-bond acceptors (Lipinski definition) is 10. The second-order valence-corrected chi connectivity index (χ2v) is 12.5. The third kappa shape index (κ3) is 6.25. The number of nitrogens with zero attached hydrogens (tertiary/aromatic N) is 2. The van der Waals surface area contributed by atoms with Gasteiger partial charge in [0.05, 0.1) is 28.4 Å². The van der Waals surface area contributed by atoms with E-state index in [0.29, 0.717) is 41.6 Å². The first-order chi connectivity index (χ1) is 23.1. The lowest BCUT2D eigenvalue weighted by Gasteiger charge is -2.35. The molecule has 2 heterocycles. The van der Waals surface area contributed by atoms with Crippen LogP contribution in [0.25, 0.3) is 0 Å². The van der Waals surface area contributed by atoms with Crippen molar-refractivity contribution in [2.24, 2.45) is 0 Å². The molecule has 4 aromatic rings. The van der Waals surface area contributed by atoms with Gasteiger partial charge < -0.3 is 39.0 Å². The fourth-order valence-electron chi connectivity index (χ4n) is 7.05. The minimum absolute atomic E-state index is 0.0181. The van der Waals surface area contributed by atoms with E-state index in [2.05, 4.69) is 23.9 Å². The van der Waals surface area contributed by atoms with Gasteiger partial charge in [0.1, 0.15) is 0 Å². The molecule has 0 saturated heterocycles. The number of ether oxygens (including phenoxy) is 5. The van der Waals surface area contributed by atoms with Crippen LogP contribution >= 0.6 is 0 Å². The Hall–Kier alpha value is -4.80. The fraction of sp³-hybridized carbons (Fsp3) is 0.368. The highest BCUT2D eigenvalue weighted by atomic mass is 16.5. The third-order valence-corrected chi connectivity index (χ3v) is 9.81. The first-order valence-corrected chi connectivity index (χ1v) is 16.1. The Morgan fingerprint density at radius 2 is 1.12 bits per heavy atom. The maximum atomic E-state index is 11.4. The predicted molar refractivity (Wildman–Crippen MR) is 183 cm³/mol. The topological polar surface area (TPSA) is 113 Å². The molecule has 2 aliphatic rings. The number of aromatic hydroxyl groups is 3. The van der Waals surface area contributed by atoms with E-state index in [0.717, 1.165) is 59.3 Å². The molecule has 10 heteroatoms. The molecule has 2 atom stereocenters. The normalized spacial score (nSPS) is 17.7. The SMILES string of the molecule is COc1cc2c(cc1O)[C@H](Cc1ccc(OC)c(Oc3c(C[C@H]4c5cc(O)c(OC)cc5CCN4C)ccc(OC)c3O)c1)N(C)CC2.